The van der Waals surface area contributed by atoms with Gasteiger partial charge < -0.3 is 9.47 Å². The number of benzene rings is 1. The third-order valence-corrected chi connectivity index (χ3v) is 5.51. The Labute approximate surface area is 165 Å². The Morgan fingerprint density at radius 3 is 2.63 bits per heavy atom. The number of nitrogens with zero attached hydrogens (tertiary/aromatic N) is 1. The highest BCUT2D eigenvalue weighted by molar-refractivity contribution is 7.17. The summed E-state index contributed by atoms with van der Waals surface area (Å²) in [5.41, 5.74) is 4.26. The highest BCUT2D eigenvalue weighted by Gasteiger charge is 2.11. The maximum absolute atomic E-state index is 11.7. The Kier molecular flexibility index (Phi) is 7.60. The summed E-state index contributed by atoms with van der Waals surface area (Å²) in [5, 5.41) is 3.10. The highest BCUT2D eigenvalue weighted by Crippen LogP contribution is 2.30. The van der Waals surface area contributed by atoms with Gasteiger partial charge in [0.05, 0.1) is 13.0 Å². The maximum Gasteiger partial charge on any atom is 0.310 e. The van der Waals surface area contributed by atoms with Gasteiger partial charge in [0.25, 0.3) is 0 Å². The number of ether oxygens (including phenoxy) is 2. The van der Waals surface area contributed by atoms with Crippen LogP contribution in [0.5, 0.6) is 5.75 Å². The van der Waals surface area contributed by atoms with Crippen LogP contribution in [0.25, 0.3) is 10.1 Å². The van der Waals surface area contributed by atoms with Gasteiger partial charge in [-0.1, -0.05) is 13.8 Å². The molecule has 0 spiro atoms. The van der Waals surface area contributed by atoms with Crippen molar-refractivity contribution in [2.45, 2.75) is 48.0 Å². The quantitative estimate of drug-likeness (QED) is 0.425. The van der Waals surface area contributed by atoms with Gasteiger partial charge in [-0.25, -0.2) is 0 Å². The van der Waals surface area contributed by atoms with E-state index in [1.54, 1.807) is 11.3 Å². The van der Waals surface area contributed by atoms with Crippen LogP contribution in [0.3, 0.4) is 0 Å². The lowest BCUT2D eigenvalue weighted by Crippen LogP contribution is -2.06. The molecule has 1 heterocycles. The third-order valence-electron chi connectivity index (χ3n) is 4.52. The number of rotatable bonds is 8. The summed E-state index contributed by atoms with van der Waals surface area (Å²) in [6.07, 6.45) is 0.308. The average Bonchev–Trinajstić information content (AvgIpc) is 3.01. The molecule has 0 amide bonds. The summed E-state index contributed by atoms with van der Waals surface area (Å²) in [4.78, 5) is 16.4. The van der Waals surface area contributed by atoms with Gasteiger partial charge in [0, 0.05) is 16.1 Å². The molecule has 0 N–H and O–H groups in total. The molecule has 2 aromatic rings. The summed E-state index contributed by atoms with van der Waals surface area (Å²) >= 11 is 1.62. The molecule has 27 heavy (non-hydrogen) atoms. The van der Waals surface area contributed by atoms with Crippen molar-refractivity contribution in [1.82, 2.24) is 0 Å². The first-order chi connectivity index (χ1) is 12.8. The molecule has 0 atom stereocenters. The summed E-state index contributed by atoms with van der Waals surface area (Å²) in [5.74, 6) is 1.08. The molecular formula is C22H29NO3S. The number of hydrogen-bond acceptors (Lipinski definition) is 5. The van der Waals surface area contributed by atoms with E-state index in [4.69, 9.17) is 9.47 Å². The summed E-state index contributed by atoms with van der Waals surface area (Å²) < 4.78 is 12.1. The molecule has 0 aliphatic rings. The fourth-order valence-corrected chi connectivity index (χ4v) is 3.43. The molecule has 146 valence electrons. The molecular weight excluding hydrogens is 358 g/mol. The summed E-state index contributed by atoms with van der Waals surface area (Å²) in [7, 11) is 0. The lowest BCUT2D eigenvalue weighted by atomic mass is 10.1. The minimum atomic E-state index is -0.189. The molecule has 5 heteroatoms. The van der Waals surface area contributed by atoms with Gasteiger partial charge in [-0.05, 0) is 73.7 Å². The van der Waals surface area contributed by atoms with Crippen LogP contribution in [0, 0.1) is 5.92 Å². The zero-order valence-corrected chi connectivity index (χ0v) is 17.9. The number of thiophene rings is 1. The van der Waals surface area contributed by atoms with Crippen molar-refractivity contribution in [2.24, 2.45) is 10.9 Å². The zero-order chi connectivity index (χ0) is 20.0. The van der Waals surface area contributed by atoms with E-state index in [-0.39, 0.29) is 5.97 Å². The molecule has 0 fully saturated rings. The van der Waals surface area contributed by atoms with Crippen molar-refractivity contribution in [1.29, 1.82) is 0 Å². The summed E-state index contributed by atoms with van der Waals surface area (Å²) in [6, 6.07) is 6.00. The Morgan fingerprint density at radius 2 is 1.96 bits per heavy atom. The number of fused-ring (bicyclic) bond motifs is 1. The SMILES string of the molecule is CCOC(=O)Cc1csc2cc(OCC(C)=C(C)N=C(C)C(C)C)ccc12. The highest BCUT2D eigenvalue weighted by atomic mass is 32.1. The van der Waals surface area contributed by atoms with Crippen molar-refractivity contribution in [3.63, 3.8) is 0 Å². The van der Waals surface area contributed by atoms with Gasteiger partial charge in [-0.15, -0.1) is 11.3 Å². The predicted molar refractivity (Wildman–Crippen MR) is 114 cm³/mol. The second kappa shape index (κ2) is 9.70. The van der Waals surface area contributed by atoms with E-state index in [1.807, 2.05) is 44.4 Å². The van der Waals surface area contributed by atoms with E-state index in [0.717, 1.165) is 38.4 Å². The van der Waals surface area contributed by atoms with Crippen LogP contribution in [0.4, 0.5) is 0 Å². The first kappa shape index (κ1) is 21.2. The first-order valence-corrected chi connectivity index (χ1v) is 10.2. The molecule has 0 aliphatic carbocycles. The van der Waals surface area contributed by atoms with Crippen molar-refractivity contribution < 1.29 is 14.3 Å². The smallest absolute Gasteiger partial charge is 0.310 e. The van der Waals surface area contributed by atoms with Gasteiger partial charge in [0.2, 0.25) is 0 Å². The van der Waals surface area contributed by atoms with E-state index in [1.165, 1.54) is 0 Å². The Hall–Kier alpha value is -2.14. The van der Waals surface area contributed by atoms with Gasteiger partial charge in [-0.3, -0.25) is 9.79 Å². The number of aliphatic imine (C=N–C) groups is 1. The van der Waals surface area contributed by atoms with Gasteiger partial charge in [0.15, 0.2) is 0 Å². The maximum atomic E-state index is 11.7. The molecule has 0 aliphatic heterocycles. The third kappa shape index (κ3) is 5.93. The molecule has 1 aromatic carbocycles. The van der Waals surface area contributed by atoms with Crippen molar-refractivity contribution >= 4 is 33.1 Å². The van der Waals surface area contributed by atoms with E-state index in [2.05, 4.69) is 25.8 Å². The fraction of sp³-hybridized carbons (Fsp3) is 0.455. The predicted octanol–water partition coefficient (Wildman–Crippen LogP) is 5.80. The van der Waals surface area contributed by atoms with Crippen LogP contribution < -0.4 is 4.74 Å². The van der Waals surface area contributed by atoms with Crippen LogP contribution in [0.15, 0.2) is 39.8 Å². The van der Waals surface area contributed by atoms with Crippen LogP contribution in [-0.4, -0.2) is 24.9 Å². The lowest BCUT2D eigenvalue weighted by molar-refractivity contribution is -0.142. The Bertz CT molecular complexity index is 862. The molecule has 0 radical (unpaired) electrons. The molecule has 4 nitrogen and oxygen atoms in total. The number of hydrogen-bond donors (Lipinski definition) is 0. The molecule has 0 unspecified atom stereocenters. The van der Waals surface area contributed by atoms with Crippen molar-refractivity contribution in [3.8, 4) is 5.75 Å². The normalized spacial score (nSPS) is 13.1. The zero-order valence-electron chi connectivity index (χ0n) is 17.1. The van der Waals surface area contributed by atoms with E-state index in [0.29, 0.717) is 25.6 Å². The van der Waals surface area contributed by atoms with Crippen LogP contribution in [0.1, 0.15) is 47.1 Å². The molecule has 1 aromatic heterocycles. The largest absolute Gasteiger partial charge is 0.489 e. The number of carbonyl (C=O) groups excluding carboxylic acids is 1. The molecule has 2 rings (SSSR count). The van der Waals surface area contributed by atoms with E-state index >= 15 is 0 Å². The summed E-state index contributed by atoms with van der Waals surface area (Å²) in [6.45, 7) is 13.2. The fourth-order valence-electron chi connectivity index (χ4n) is 2.44. The number of carbonyl (C=O) groups is 1. The second-order valence-corrected chi connectivity index (χ2v) is 7.87. The number of esters is 1. The van der Waals surface area contributed by atoms with Crippen molar-refractivity contribution in [2.75, 3.05) is 13.2 Å². The monoisotopic (exact) mass is 387 g/mol. The minimum absolute atomic E-state index is 0.189. The van der Waals surface area contributed by atoms with E-state index < -0.39 is 0 Å². The number of allylic oxidation sites excluding steroid dienone is 1. The van der Waals surface area contributed by atoms with E-state index in [9.17, 15) is 4.79 Å². The molecule has 0 bridgehead atoms. The molecule has 0 saturated carbocycles. The van der Waals surface area contributed by atoms with Gasteiger partial charge in [0.1, 0.15) is 12.4 Å². The lowest BCUT2D eigenvalue weighted by Gasteiger charge is -2.10. The van der Waals surface area contributed by atoms with Crippen LogP contribution in [0.2, 0.25) is 0 Å². The Morgan fingerprint density at radius 1 is 1.22 bits per heavy atom. The van der Waals surface area contributed by atoms with Gasteiger partial charge >= 0.3 is 5.97 Å². The van der Waals surface area contributed by atoms with Crippen molar-refractivity contribution in [3.05, 3.63) is 40.4 Å². The topological polar surface area (TPSA) is 47.9 Å². The van der Waals surface area contributed by atoms with Gasteiger partial charge in [-0.2, -0.15) is 0 Å². The second-order valence-electron chi connectivity index (χ2n) is 6.96. The molecule has 0 saturated heterocycles. The van der Waals surface area contributed by atoms with Crippen LogP contribution >= 0.6 is 11.3 Å². The average molecular weight is 388 g/mol. The van der Waals surface area contributed by atoms with Crippen LogP contribution in [-0.2, 0) is 16.0 Å². The first-order valence-electron chi connectivity index (χ1n) is 9.31. The standard InChI is InChI=1S/C22H29NO3S/c1-7-25-22(24)10-18-13-27-21-11-19(8-9-20(18)21)26-12-15(4)17(6)23-16(5)14(2)3/h8-9,11,13-14H,7,10,12H2,1-6H3. The Balaban J connectivity index is 2.08. The minimum Gasteiger partial charge on any atom is -0.489 e.